The molecule has 140 valence electrons. The summed E-state index contributed by atoms with van der Waals surface area (Å²) in [5.74, 6) is -0.441. The second-order valence-electron chi connectivity index (χ2n) is 5.58. The average Bonchev–Trinajstić information content (AvgIpc) is 2.49. The van der Waals surface area contributed by atoms with Crippen LogP contribution >= 0.6 is 7.60 Å². The molecule has 0 saturated heterocycles. The lowest BCUT2D eigenvalue weighted by atomic mass is 10.1. The van der Waals surface area contributed by atoms with E-state index in [0.29, 0.717) is 18.6 Å². The monoisotopic (exact) mass is 362 g/mol. The second kappa shape index (κ2) is 13.3. The molecule has 0 aromatic carbocycles. The third-order valence-corrected chi connectivity index (χ3v) is 5.25. The van der Waals surface area contributed by atoms with E-state index in [4.69, 9.17) is 13.8 Å². The van der Waals surface area contributed by atoms with Gasteiger partial charge in [0.2, 0.25) is 0 Å². The maximum absolute atomic E-state index is 12.2. The highest BCUT2D eigenvalue weighted by Gasteiger charge is 2.26. The van der Waals surface area contributed by atoms with Gasteiger partial charge in [0.25, 0.3) is 0 Å². The van der Waals surface area contributed by atoms with Crippen LogP contribution in [0.25, 0.3) is 0 Å². The first kappa shape index (κ1) is 23.0. The third-order valence-electron chi connectivity index (χ3n) is 3.20. The van der Waals surface area contributed by atoms with E-state index in [9.17, 15) is 14.2 Å². The second-order valence-corrected chi connectivity index (χ2v) is 7.63. The maximum atomic E-state index is 12.2. The number of hydrogen-bond donors (Lipinski definition) is 0. The molecule has 24 heavy (non-hydrogen) atoms. The van der Waals surface area contributed by atoms with Crippen LogP contribution in [0.2, 0.25) is 0 Å². The summed E-state index contributed by atoms with van der Waals surface area (Å²) in [5.41, 5.74) is 0.407. The van der Waals surface area contributed by atoms with Crippen molar-refractivity contribution in [2.45, 2.75) is 59.3 Å². The maximum Gasteiger partial charge on any atom is 0.338 e. The number of rotatable bonds is 15. The Morgan fingerprint density at radius 1 is 0.958 bits per heavy atom. The smallest absolute Gasteiger partial charge is 0.338 e. The molecule has 0 aliphatic rings. The molecular formula is C17H31O6P. The van der Waals surface area contributed by atoms with Crippen molar-refractivity contribution >= 4 is 19.3 Å². The molecule has 6 nitrogen and oxygen atoms in total. The number of hydrogen-bond acceptors (Lipinski definition) is 6. The lowest BCUT2D eigenvalue weighted by molar-refractivity contribution is -0.139. The van der Waals surface area contributed by atoms with E-state index in [1.165, 1.54) is 0 Å². The van der Waals surface area contributed by atoms with Gasteiger partial charge >= 0.3 is 13.6 Å². The van der Waals surface area contributed by atoms with E-state index in [1.54, 1.807) is 20.8 Å². The highest BCUT2D eigenvalue weighted by atomic mass is 31.2. The van der Waals surface area contributed by atoms with Gasteiger partial charge in [0.15, 0.2) is 0 Å². The average molecular weight is 362 g/mol. The molecule has 0 atom stereocenters. The van der Waals surface area contributed by atoms with Crippen LogP contribution in [0.5, 0.6) is 0 Å². The van der Waals surface area contributed by atoms with Crippen LogP contribution in [0.3, 0.4) is 0 Å². The molecule has 0 aliphatic heterocycles. The zero-order chi connectivity index (χ0) is 18.4. The quantitative estimate of drug-likeness (QED) is 0.187. The Balaban J connectivity index is 3.73. The molecule has 0 N–H and O–H groups in total. The van der Waals surface area contributed by atoms with Crippen LogP contribution in [0.4, 0.5) is 0 Å². The van der Waals surface area contributed by atoms with Crippen molar-refractivity contribution in [2.24, 2.45) is 0 Å². The Morgan fingerprint density at radius 3 is 2.04 bits per heavy atom. The standard InChI is InChI=1S/C17H31O6P/c1-5-22-24(20,23-6-2)14-16(18)12-10-8-7-9-11-13-21-17(19)15(3)4/h3,5-14H2,1-2,4H3. The van der Waals surface area contributed by atoms with E-state index in [1.807, 2.05) is 0 Å². The van der Waals surface area contributed by atoms with Crippen molar-refractivity contribution in [3.8, 4) is 0 Å². The van der Waals surface area contributed by atoms with Gasteiger partial charge in [-0.3, -0.25) is 9.36 Å². The zero-order valence-corrected chi connectivity index (χ0v) is 16.1. The number of Topliss-reactive ketones (excluding diaryl/α,β-unsaturated/α-hetero) is 1. The molecule has 0 rings (SSSR count). The molecule has 0 heterocycles. The van der Waals surface area contributed by atoms with Gasteiger partial charge < -0.3 is 13.8 Å². The fourth-order valence-corrected chi connectivity index (χ4v) is 3.69. The van der Waals surface area contributed by atoms with E-state index in [2.05, 4.69) is 6.58 Å². The molecule has 0 amide bonds. The first-order valence-electron chi connectivity index (χ1n) is 8.57. The topological polar surface area (TPSA) is 78.9 Å². The van der Waals surface area contributed by atoms with Crippen LogP contribution < -0.4 is 0 Å². The van der Waals surface area contributed by atoms with Gasteiger partial charge in [-0.1, -0.05) is 25.8 Å². The number of carbonyl (C=O) groups excluding carboxylic acids is 2. The molecule has 0 saturated carbocycles. The van der Waals surface area contributed by atoms with Crippen molar-refractivity contribution in [3.63, 3.8) is 0 Å². The van der Waals surface area contributed by atoms with Gasteiger partial charge in [-0.15, -0.1) is 0 Å². The largest absolute Gasteiger partial charge is 0.462 e. The summed E-state index contributed by atoms with van der Waals surface area (Å²) in [6, 6.07) is 0. The van der Waals surface area contributed by atoms with Gasteiger partial charge in [-0.05, 0) is 33.6 Å². The Bertz CT molecular complexity index is 436. The normalized spacial score (nSPS) is 11.3. The van der Waals surface area contributed by atoms with Crippen LogP contribution in [0.1, 0.15) is 59.3 Å². The van der Waals surface area contributed by atoms with E-state index < -0.39 is 7.60 Å². The highest BCUT2D eigenvalue weighted by Crippen LogP contribution is 2.48. The molecule has 0 aromatic heterocycles. The summed E-state index contributed by atoms with van der Waals surface area (Å²) in [6.45, 7) is 9.52. The summed E-state index contributed by atoms with van der Waals surface area (Å²) >= 11 is 0. The number of carbonyl (C=O) groups is 2. The fraction of sp³-hybridized carbons (Fsp3) is 0.765. The molecule has 0 fully saturated rings. The summed E-state index contributed by atoms with van der Waals surface area (Å²) in [4.78, 5) is 23.0. The number of unbranched alkanes of at least 4 members (excludes halogenated alkanes) is 4. The summed E-state index contributed by atoms with van der Waals surface area (Å²) in [7, 11) is -3.27. The minimum atomic E-state index is -3.27. The molecule has 0 aromatic rings. The number of ether oxygens (including phenoxy) is 1. The van der Waals surface area contributed by atoms with Crippen LogP contribution in [-0.2, 0) is 27.9 Å². The van der Waals surface area contributed by atoms with Crippen molar-refractivity contribution in [1.29, 1.82) is 0 Å². The minimum absolute atomic E-state index is 0.0874. The van der Waals surface area contributed by atoms with E-state index >= 15 is 0 Å². The number of esters is 1. The summed E-state index contributed by atoms with van der Waals surface area (Å²) in [6.07, 6.45) is 4.61. The van der Waals surface area contributed by atoms with E-state index in [0.717, 1.165) is 32.1 Å². The Hall–Kier alpha value is -0.970. The predicted octanol–water partition coefficient (Wildman–Crippen LogP) is 4.28. The van der Waals surface area contributed by atoms with E-state index in [-0.39, 0.29) is 31.1 Å². The molecule has 0 bridgehead atoms. The third kappa shape index (κ3) is 11.5. The Kier molecular flexibility index (Phi) is 12.8. The summed E-state index contributed by atoms with van der Waals surface area (Å²) < 4.78 is 27.4. The van der Waals surface area contributed by atoms with Crippen molar-refractivity contribution < 1.29 is 27.9 Å². The molecule has 0 radical (unpaired) electrons. The lowest BCUT2D eigenvalue weighted by Gasteiger charge is -2.16. The van der Waals surface area contributed by atoms with Gasteiger partial charge in [0.05, 0.1) is 19.8 Å². The van der Waals surface area contributed by atoms with Gasteiger partial charge in [-0.2, -0.15) is 0 Å². The first-order valence-corrected chi connectivity index (χ1v) is 10.3. The predicted molar refractivity (Wildman–Crippen MR) is 94.2 cm³/mol. The van der Waals surface area contributed by atoms with Crippen LogP contribution in [0, 0.1) is 0 Å². The summed E-state index contributed by atoms with van der Waals surface area (Å²) in [5, 5.41) is 0. The Labute approximate surface area is 145 Å². The lowest BCUT2D eigenvalue weighted by Crippen LogP contribution is -2.09. The van der Waals surface area contributed by atoms with Crippen molar-refractivity contribution in [2.75, 3.05) is 26.0 Å². The molecule has 0 spiro atoms. The Morgan fingerprint density at radius 2 is 1.50 bits per heavy atom. The fourth-order valence-electron chi connectivity index (χ4n) is 2.06. The van der Waals surface area contributed by atoms with Crippen molar-refractivity contribution in [3.05, 3.63) is 12.2 Å². The van der Waals surface area contributed by atoms with Gasteiger partial charge in [-0.25, -0.2) is 4.79 Å². The SMILES string of the molecule is C=C(C)C(=O)OCCCCCCCC(=O)CP(=O)(OCC)OCC. The van der Waals surface area contributed by atoms with Crippen LogP contribution in [0.15, 0.2) is 12.2 Å². The highest BCUT2D eigenvalue weighted by molar-refractivity contribution is 7.54. The zero-order valence-electron chi connectivity index (χ0n) is 15.2. The first-order chi connectivity index (χ1) is 11.3. The van der Waals surface area contributed by atoms with Gasteiger partial charge in [0, 0.05) is 12.0 Å². The molecular weight excluding hydrogens is 331 g/mol. The number of ketones is 1. The molecule has 7 heteroatoms. The van der Waals surface area contributed by atoms with Crippen LogP contribution in [-0.4, -0.2) is 37.7 Å². The van der Waals surface area contributed by atoms with Crippen molar-refractivity contribution in [1.82, 2.24) is 0 Å². The molecule has 0 aliphatic carbocycles. The van der Waals surface area contributed by atoms with Gasteiger partial charge in [0.1, 0.15) is 11.9 Å². The minimum Gasteiger partial charge on any atom is -0.462 e. The molecule has 0 unspecified atom stereocenters.